The van der Waals surface area contributed by atoms with Crippen LogP contribution in [-0.4, -0.2) is 114 Å². The van der Waals surface area contributed by atoms with E-state index in [-0.39, 0.29) is 75.3 Å². The van der Waals surface area contributed by atoms with Crippen molar-refractivity contribution in [3.8, 4) is 0 Å². The maximum atomic E-state index is 12.9. The number of benzene rings is 2. The SMILES string of the molecule is CCCC/C=C/CCCCCCCCCOC(=O)c1cccc(S(=O)(=O)[O-])c1C(=O)OCCCCCCCCC/C=C/CCCC.CCCC/C=C/CCCCCCCCCOC(=O)c1cccc(S(=O)(=O)[O-])c1C(=O)OCCCCCCCCC/C=C/CCCC.[Ca+2]. The van der Waals surface area contributed by atoms with Gasteiger partial charge in [0, 0.05) is 0 Å². The Kier molecular flexibility index (Phi) is 59.5. The molecule has 0 N–H and O–H groups in total. The third-order valence-electron chi connectivity index (χ3n) is 16.0. The zero-order valence-corrected chi connectivity index (χ0v) is 62.1. The Morgan fingerprint density at radius 3 is 0.710 bits per heavy atom. The van der Waals surface area contributed by atoms with Gasteiger partial charge in [0.05, 0.1) is 58.5 Å². The van der Waals surface area contributed by atoms with Gasteiger partial charge in [-0.3, -0.25) is 0 Å². The van der Waals surface area contributed by atoms with Crippen molar-refractivity contribution < 1.29 is 64.1 Å². The summed E-state index contributed by atoms with van der Waals surface area (Å²) in [6.07, 6.45) is 66.5. The van der Waals surface area contributed by atoms with Crippen molar-refractivity contribution in [2.24, 2.45) is 0 Å². The summed E-state index contributed by atoms with van der Waals surface area (Å²) in [7, 11) is -10.0. The van der Waals surface area contributed by atoms with E-state index < -0.39 is 65.0 Å². The molecule has 0 heterocycles. The molecule has 2 aromatic rings. The van der Waals surface area contributed by atoms with Gasteiger partial charge in [0.25, 0.3) is 0 Å². The number of unbranched alkanes of at least 4 members (excludes halogenated alkanes) is 36. The molecule has 0 atom stereocenters. The third kappa shape index (κ3) is 48.7. The van der Waals surface area contributed by atoms with Crippen LogP contribution in [0.3, 0.4) is 0 Å². The summed E-state index contributed by atoms with van der Waals surface area (Å²) < 4.78 is 92.8. The Bertz CT molecular complexity index is 2400. The van der Waals surface area contributed by atoms with Crippen LogP contribution in [0.25, 0.3) is 0 Å². The van der Waals surface area contributed by atoms with Crippen LogP contribution in [0.1, 0.15) is 352 Å². The molecular weight excluding hydrogens is 1240 g/mol. The Balaban J connectivity index is 0.00000180. The number of ether oxygens (including phenoxy) is 4. The molecule has 0 spiro atoms. The van der Waals surface area contributed by atoms with Crippen LogP contribution < -0.4 is 0 Å². The van der Waals surface area contributed by atoms with E-state index in [1.165, 1.54) is 178 Å². The maximum absolute atomic E-state index is 12.9. The minimum atomic E-state index is -5.01. The van der Waals surface area contributed by atoms with Crippen molar-refractivity contribution in [3.63, 3.8) is 0 Å². The molecule has 14 nitrogen and oxygen atoms in total. The first-order valence-corrected chi connectivity index (χ1v) is 38.9. The largest absolute Gasteiger partial charge is 2.00 e. The van der Waals surface area contributed by atoms with Gasteiger partial charge in [-0.2, -0.15) is 0 Å². The summed E-state index contributed by atoms with van der Waals surface area (Å²) in [5.41, 5.74) is -1.59. The van der Waals surface area contributed by atoms with Gasteiger partial charge in [-0.05, 0) is 127 Å². The van der Waals surface area contributed by atoms with Crippen LogP contribution in [0.4, 0.5) is 0 Å². The third-order valence-corrected chi connectivity index (χ3v) is 17.8. The average Bonchev–Trinajstić information content (AvgIpc) is 0.820. The molecule has 2 rings (SSSR count). The molecule has 0 aliphatic heterocycles. The van der Waals surface area contributed by atoms with Crippen LogP contribution in [0, 0.1) is 0 Å². The maximum Gasteiger partial charge on any atom is 2.00 e. The second-order valence-electron chi connectivity index (χ2n) is 24.3. The molecule has 0 unspecified atom stereocenters. The molecule has 0 saturated heterocycles. The van der Waals surface area contributed by atoms with E-state index in [0.717, 1.165) is 115 Å². The van der Waals surface area contributed by atoms with E-state index in [1.807, 2.05) is 0 Å². The van der Waals surface area contributed by atoms with Gasteiger partial charge < -0.3 is 28.1 Å². The first-order chi connectivity index (χ1) is 44.6. The standard InChI is InChI=1S/2C38H62O7S.Ca/c2*1-3-5-7-9-11-13-15-17-19-21-23-25-27-32-44-37(39)34-30-29-31-35(46(41,42)43)36(34)38(40)45-33-28-26-24-22-20-18-16-14-12-10-8-6-4-2;/h2*9-12,29-31H,3-8,13-28,32-33H2,1-2H3,(H,41,42,43);/q;;+2/p-2/b2*11-9+,12-10+;. The fraction of sp³-hybridized carbons (Fsp3) is 0.684. The van der Waals surface area contributed by atoms with Gasteiger partial charge in [0.15, 0.2) is 0 Å². The van der Waals surface area contributed by atoms with Crippen molar-refractivity contribution in [1.82, 2.24) is 0 Å². The van der Waals surface area contributed by atoms with E-state index in [0.29, 0.717) is 25.7 Å². The van der Waals surface area contributed by atoms with Crippen molar-refractivity contribution >= 4 is 81.9 Å². The zero-order chi connectivity index (χ0) is 67.4. The number of carbonyl (C=O) groups is 4. The second kappa shape index (κ2) is 61.9. The molecule has 17 heteroatoms. The normalized spacial score (nSPS) is 11.8. The smallest absolute Gasteiger partial charge is 0.744 e. The first-order valence-electron chi connectivity index (χ1n) is 36.1. The Morgan fingerprint density at radius 1 is 0.301 bits per heavy atom. The van der Waals surface area contributed by atoms with Gasteiger partial charge in [0.1, 0.15) is 20.2 Å². The quantitative estimate of drug-likeness (QED) is 0.0150. The Morgan fingerprint density at radius 2 is 0.495 bits per heavy atom. The Labute approximate surface area is 595 Å². The minimum Gasteiger partial charge on any atom is -0.744 e. The molecule has 2 aromatic carbocycles. The first kappa shape index (κ1) is 89.4. The number of allylic oxidation sites excluding steroid dienone is 8. The van der Waals surface area contributed by atoms with E-state index in [9.17, 15) is 45.1 Å². The van der Waals surface area contributed by atoms with Crippen LogP contribution in [0.15, 0.2) is 94.8 Å². The topological polar surface area (TPSA) is 220 Å². The number of hydrogen-bond acceptors (Lipinski definition) is 14. The van der Waals surface area contributed by atoms with E-state index >= 15 is 0 Å². The number of esters is 4. The molecule has 0 saturated carbocycles. The number of rotatable bonds is 58. The molecule has 0 radical (unpaired) electrons. The zero-order valence-electron chi connectivity index (χ0n) is 58.3. The van der Waals surface area contributed by atoms with Gasteiger partial charge in [-0.1, -0.05) is 268 Å². The van der Waals surface area contributed by atoms with Crippen LogP contribution in [-0.2, 0) is 39.2 Å². The van der Waals surface area contributed by atoms with Gasteiger partial charge in [-0.15, -0.1) is 0 Å². The van der Waals surface area contributed by atoms with Crippen LogP contribution >= 0.6 is 0 Å². The second-order valence-corrected chi connectivity index (χ2v) is 27.0. The molecule has 0 aliphatic carbocycles. The number of carbonyl (C=O) groups excluding carboxylic acids is 4. The molecule has 0 aliphatic rings. The van der Waals surface area contributed by atoms with Gasteiger partial charge >= 0.3 is 61.6 Å². The van der Waals surface area contributed by atoms with Crippen molar-refractivity contribution in [2.75, 3.05) is 26.4 Å². The molecule has 93 heavy (non-hydrogen) atoms. The minimum absolute atomic E-state index is 0. The van der Waals surface area contributed by atoms with Crippen molar-refractivity contribution in [2.45, 2.75) is 320 Å². The summed E-state index contributed by atoms with van der Waals surface area (Å²) in [5.74, 6) is -3.65. The molecule has 0 amide bonds. The van der Waals surface area contributed by atoms with E-state index in [4.69, 9.17) is 18.9 Å². The van der Waals surface area contributed by atoms with E-state index in [2.05, 4.69) is 76.3 Å². The summed E-state index contributed by atoms with van der Waals surface area (Å²) in [5, 5.41) is 0. The predicted octanol–water partition coefficient (Wildman–Crippen LogP) is 20.9. The molecule has 0 aromatic heterocycles. The monoisotopic (exact) mass is 1360 g/mol. The number of hydrogen-bond donors (Lipinski definition) is 0. The summed E-state index contributed by atoms with van der Waals surface area (Å²) in [6, 6.07) is 7.18. The predicted molar refractivity (Wildman–Crippen MR) is 378 cm³/mol. The molecule has 0 fully saturated rings. The van der Waals surface area contributed by atoms with Crippen LogP contribution in [0.2, 0.25) is 0 Å². The van der Waals surface area contributed by atoms with Gasteiger partial charge in [-0.25, -0.2) is 36.0 Å². The van der Waals surface area contributed by atoms with Crippen molar-refractivity contribution in [1.29, 1.82) is 0 Å². The van der Waals surface area contributed by atoms with Crippen molar-refractivity contribution in [3.05, 3.63) is 107 Å². The van der Waals surface area contributed by atoms with E-state index in [1.54, 1.807) is 0 Å². The fourth-order valence-corrected chi connectivity index (χ4v) is 11.8. The molecule has 524 valence electrons. The van der Waals surface area contributed by atoms with Gasteiger partial charge in [0.2, 0.25) is 0 Å². The molecule has 0 bridgehead atoms. The van der Waals surface area contributed by atoms with Crippen LogP contribution in [0.5, 0.6) is 0 Å². The molecular formula is C76H122CaO14S2. The Hall–Kier alpha value is -3.64. The summed E-state index contributed by atoms with van der Waals surface area (Å²) >= 11 is 0. The fourth-order valence-electron chi connectivity index (χ4n) is 10.4. The summed E-state index contributed by atoms with van der Waals surface area (Å²) in [6.45, 7) is 9.28. The summed E-state index contributed by atoms with van der Waals surface area (Å²) in [4.78, 5) is 50.0. The average molecular weight is 1360 g/mol.